The zero-order valence-electron chi connectivity index (χ0n) is 3.49. The molecule has 1 nitrogen and oxygen atoms in total. The summed E-state index contributed by atoms with van der Waals surface area (Å²) in [5.41, 5.74) is 0. The smallest absolute Gasteiger partial charge is 0 e. The number of hydrogen-bond acceptors (Lipinski definition) is 1. The Morgan fingerprint density at radius 1 is 1.60 bits per heavy atom. The summed E-state index contributed by atoms with van der Waals surface area (Å²) in [6.07, 6.45) is 1.50. The van der Waals surface area contributed by atoms with Crippen molar-refractivity contribution in [1.82, 2.24) is 0 Å². The van der Waals surface area contributed by atoms with Crippen molar-refractivity contribution in [3.8, 4) is 0 Å². The minimum Gasteiger partial charge on any atom is -0.542 e. The maximum absolute atomic E-state index is 8.68. The van der Waals surface area contributed by atoms with Crippen LogP contribution in [0.4, 0.5) is 0 Å². The molecule has 0 bridgehead atoms. The first-order valence-corrected chi connectivity index (χ1v) is 0.704. The van der Waals surface area contributed by atoms with Crippen LogP contribution in [0.15, 0.2) is 0 Å². The Kier molecular flexibility index (Phi) is 70.7. The molecule has 0 unspecified atom stereocenters. The van der Waals surface area contributed by atoms with E-state index in [2.05, 4.69) is 0 Å². The van der Waals surface area contributed by atoms with Crippen molar-refractivity contribution in [2.75, 3.05) is 0 Å². The molecule has 5 heavy (non-hydrogen) atoms. The third-order valence-corrected chi connectivity index (χ3v) is 0. The van der Waals surface area contributed by atoms with Gasteiger partial charge < -0.3 is 12.2 Å². The molecule has 2 heteroatoms. The van der Waals surface area contributed by atoms with E-state index in [4.69, 9.17) is 4.79 Å². The summed E-state index contributed by atoms with van der Waals surface area (Å²) < 4.78 is 0. The fraction of sp³-hybridized carbons (Fsp3) is 0.333. The van der Waals surface area contributed by atoms with Crippen LogP contribution in [0, 0.1) is 43.0 Å². The van der Waals surface area contributed by atoms with Crippen molar-refractivity contribution in [2.45, 2.75) is 6.92 Å². The molecule has 0 N–H and O–H groups in total. The van der Waals surface area contributed by atoms with Crippen molar-refractivity contribution in [3.05, 3.63) is 7.43 Å². The molecule has 0 aliphatic rings. The molecule has 0 aliphatic heterocycles. The maximum Gasteiger partial charge on any atom is 0 e. The Hall–Kier alpha value is 0.865. The average molecular weight is 197 g/mol. The number of rotatable bonds is 0. The standard InChI is InChI=1S/C2H3O.CH3.La/c1-2-3;;/h1H3;1H3;/q2*-1;. The Morgan fingerprint density at radius 3 is 1.60 bits per heavy atom. The van der Waals surface area contributed by atoms with Crippen molar-refractivity contribution in [2.24, 2.45) is 0 Å². The first kappa shape index (κ1) is 16.9. The summed E-state index contributed by atoms with van der Waals surface area (Å²) in [5.74, 6) is 0. The second kappa shape index (κ2) is 20.9. The summed E-state index contributed by atoms with van der Waals surface area (Å²) >= 11 is 0. The predicted molar refractivity (Wildman–Crippen MR) is 17.8 cm³/mol. The van der Waals surface area contributed by atoms with Crippen molar-refractivity contribution >= 4 is 6.29 Å². The Bertz CT molecular complexity index is 14.4. The van der Waals surface area contributed by atoms with E-state index < -0.39 is 0 Å². The predicted octanol–water partition coefficient (Wildman–Crippen LogP) is 0.566. The molecule has 0 rings (SSSR count). The van der Waals surface area contributed by atoms with E-state index in [0.29, 0.717) is 0 Å². The third kappa shape index (κ3) is 53.4. The summed E-state index contributed by atoms with van der Waals surface area (Å²) in [7, 11) is 0. The van der Waals surface area contributed by atoms with Crippen LogP contribution in [0.5, 0.6) is 0 Å². The largest absolute Gasteiger partial charge is 0.542 e. The zero-order chi connectivity index (χ0) is 2.71. The average Bonchev–Trinajstić information content (AvgIpc) is 0.918. The van der Waals surface area contributed by atoms with E-state index in [-0.39, 0.29) is 43.0 Å². The fourth-order valence-electron chi connectivity index (χ4n) is 0. The zero-order valence-corrected chi connectivity index (χ0v) is 7.11. The maximum atomic E-state index is 8.68. The van der Waals surface area contributed by atoms with Gasteiger partial charge in [-0.25, -0.2) is 0 Å². The number of hydrogen-bond donors (Lipinski definition) is 0. The Labute approximate surface area is 60.7 Å². The molecule has 0 spiro atoms. The van der Waals surface area contributed by atoms with Gasteiger partial charge in [-0.05, 0) is 0 Å². The van der Waals surface area contributed by atoms with Gasteiger partial charge >= 0.3 is 0 Å². The van der Waals surface area contributed by atoms with E-state index in [1.165, 1.54) is 13.2 Å². The molecule has 0 heterocycles. The Balaban J connectivity index is -0.0000000200. The Morgan fingerprint density at radius 2 is 1.60 bits per heavy atom. The molecule has 1 radical (unpaired) electrons. The van der Waals surface area contributed by atoms with Gasteiger partial charge in [0, 0.05) is 35.6 Å². The van der Waals surface area contributed by atoms with Crippen LogP contribution in [0.2, 0.25) is 0 Å². The van der Waals surface area contributed by atoms with Gasteiger partial charge in [0.05, 0.1) is 0 Å². The molecule has 0 aromatic heterocycles. The van der Waals surface area contributed by atoms with E-state index in [0.717, 1.165) is 0 Å². The molecule has 0 saturated heterocycles. The molecule has 0 aromatic carbocycles. The quantitative estimate of drug-likeness (QED) is 0.518. The van der Waals surface area contributed by atoms with Gasteiger partial charge in [-0.3, -0.25) is 6.29 Å². The third-order valence-electron chi connectivity index (χ3n) is 0. The normalized spacial score (nSPS) is 2.60. The molecular formula is C3H6LaO-2. The van der Waals surface area contributed by atoms with Gasteiger partial charge in [0.25, 0.3) is 0 Å². The molecule has 0 aromatic rings. The van der Waals surface area contributed by atoms with Gasteiger partial charge in [-0.15, -0.1) is 0 Å². The first-order chi connectivity index (χ1) is 1.41. The van der Waals surface area contributed by atoms with Gasteiger partial charge in [-0.1, -0.05) is 0 Å². The SMILES string of the molecule is C[C-]=O.[CH3-].[La]. The topological polar surface area (TPSA) is 17.1 Å². The van der Waals surface area contributed by atoms with Crippen LogP contribution >= 0.6 is 0 Å². The van der Waals surface area contributed by atoms with E-state index in [1.54, 1.807) is 0 Å². The molecule has 0 fully saturated rings. The van der Waals surface area contributed by atoms with E-state index >= 15 is 0 Å². The van der Waals surface area contributed by atoms with Gasteiger partial charge in [0.2, 0.25) is 0 Å². The summed E-state index contributed by atoms with van der Waals surface area (Å²) in [5, 5.41) is 0. The van der Waals surface area contributed by atoms with Crippen LogP contribution in [-0.4, -0.2) is 6.29 Å². The second-order valence-corrected chi connectivity index (χ2v) is 0.204. The summed E-state index contributed by atoms with van der Waals surface area (Å²) in [4.78, 5) is 8.68. The van der Waals surface area contributed by atoms with Crippen LogP contribution in [0.1, 0.15) is 6.92 Å². The molecule has 0 atom stereocenters. The summed E-state index contributed by atoms with van der Waals surface area (Å²) in [6.45, 7) is 1.32. The van der Waals surface area contributed by atoms with Crippen molar-refractivity contribution in [3.63, 3.8) is 0 Å². The molecule has 0 saturated carbocycles. The monoisotopic (exact) mass is 197 g/mol. The molecule has 29 valence electrons. The van der Waals surface area contributed by atoms with Crippen LogP contribution < -0.4 is 0 Å². The van der Waals surface area contributed by atoms with Gasteiger partial charge in [0.15, 0.2) is 0 Å². The van der Waals surface area contributed by atoms with Gasteiger partial charge in [0.1, 0.15) is 0 Å². The van der Waals surface area contributed by atoms with E-state index in [1.807, 2.05) is 0 Å². The minimum atomic E-state index is 0. The van der Waals surface area contributed by atoms with Crippen LogP contribution in [-0.2, 0) is 4.79 Å². The van der Waals surface area contributed by atoms with Crippen molar-refractivity contribution in [1.29, 1.82) is 0 Å². The first-order valence-electron chi connectivity index (χ1n) is 0.704. The summed E-state index contributed by atoms with van der Waals surface area (Å²) in [6, 6.07) is 0. The van der Waals surface area contributed by atoms with E-state index in [9.17, 15) is 0 Å². The van der Waals surface area contributed by atoms with Crippen molar-refractivity contribution < 1.29 is 40.4 Å². The molecule has 0 amide bonds. The fourth-order valence-corrected chi connectivity index (χ4v) is 0. The van der Waals surface area contributed by atoms with Crippen LogP contribution in [0.3, 0.4) is 0 Å². The minimum absolute atomic E-state index is 0. The van der Waals surface area contributed by atoms with Gasteiger partial charge in [-0.2, -0.15) is 6.92 Å². The molecular weight excluding hydrogens is 191 g/mol. The second-order valence-electron chi connectivity index (χ2n) is 0.204. The molecule has 0 aliphatic carbocycles. The van der Waals surface area contributed by atoms with Crippen LogP contribution in [0.25, 0.3) is 0 Å². The number of carbonyl (C=O) groups excluding carboxylic acids is 1.